The van der Waals surface area contributed by atoms with Gasteiger partial charge in [-0.05, 0) is 31.0 Å². The maximum absolute atomic E-state index is 12.0. The molecule has 7 nitrogen and oxygen atoms in total. The maximum atomic E-state index is 12.0. The van der Waals surface area contributed by atoms with E-state index in [2.05, 4.69) is 15.2 Å². The molecule has 2 aromatic rings. The van der Waals surface area contributed by atoms with Gasteiger partial charge in [0, 0.05) is 19.2 Å². The summed E-state index contributed by atoms with van der Waals surface area (Å²) in [7, 11) is 0. The molecule has 0 aromatic carbocycles. The number of amides is 1. The van der Waals surface area contributed by atoms with Crippen LogP contribution in [0, 0.1) is 10.1 Å². The van der Waals surface area contributed by atoms with Crippen molar-refractivity contribution in [2.75, 3.05) is 23.3 Å². The number of nitrogens with one attached hydrogen (secondary N) is 1. The lowest BCUT2D eigenvalue weighted by Gasteiger charge is -2.16. The third kappa shape index (κ3) is 3.06. The number of carbonyl (C=O) groups excluding carboxylic acids is 1. The summed E-state index contributed by atoms with van der Waals surface area (Å²) in [5.74, 6) is 0.538. The third-order valence-electron chi connectivity index (χ3n) is 3.43. The minimum atomic E-state index is -0.506. The van der Waals surface area contributed by atoms with Gasteiger partial charge >= 0.3 is 5.00 Å². The van der Waals surface area contributed by atoms with Crippen LogP contribution in [-0.2, 0) is 0 Å². The van der Waals surface area contributed by atoms with Gasteiger partial charge in [-0.15, -0.1) is 0 Å². The highest BCUT2D eigenvalue weighted by Gasteiger charge is 2.16. The van der Waals surface area contributed by atoms with Crippen LogP contribution in [0.4, 0.5) is 16.5 Å². The number of hydrogen-bond donors (Lipinski definition) is 1. The number of nitro groups is 1. The lowest BCUT2D eigenvalue weighted by Crippen LogP contribution is -2.19. The van der Waals surface area contributed by atoms with Crippen LogP contribution in [-0.4, -0.2) is 28.9 Å². The van der Waals surface area contributed by atoms with Crippen molar-refractivity contribution in [3.05, 3.63) is 45.5 Å². The van der Waals surface area contributed by atoms with Crippen LogP contribution >= 0.6 is 11.3 Å². The molecule has 1 fully saturated rings. The topological polar surface area (TPSA) is 88.4 Å². The number of nitrogens with zero attached hydrogens (tertiary/aromatic N) is 3. The van der Waals surface area contributed by atoms with Gasteiger partial charge in [0.25, 0.3) is 5.91 Å². The molecule has 1 saturated heterocycles. The van der Waals surface area contributed by atoms with Gasteiger partial charge in [-0.1, -0.05) is 11.3 Å². The molecule has 3 rings (SSSR count). The lowest BCUT2D eigenvalue weighted by atomic mass is 10.3. The largest absolute Gasteiger partial charge is 0.357 e. The van der Waals surface area contributed by atoms with E-state index in [1.165, 1.54) is 25.0 Å². The molecule has 1 N–H and O–H groups in total. The minimum Gasteiger partial charge on any atom is -0.357 e. The Hall–Kier alpha value is -2.48. The number of thiophene rings is 1. The van der Waals surface area contributed by atoms with Crippen LogP contribution in [0.5, 0.6) is 0 Å². The number of aromatic nitrogens is 1. The maximum Gasteiger partial charge on any atom is 0.324 e. The van der Waals surface area contributed by atoms with Crippen LogP contribution < -0.4 is 10.2 Å². The first kappa shape index (κ1) is 14.5. The molecule has 3 heterocycles. The molecule has 2 aromatic heterocycles. The first-order chi connectivity index (χ1) is 10.6. The van der Waals surface area contributed by atoms with Crippen LogP contribution in [0.25, 0.3) is 0 Å². The Morgan fingerprint density at radius 1 is 1.27 bits per heavy atom. The molecule has 0 atom stereocenters. The first-order valence-corrected chi connectivity index (χ1v) is 7.72. The highest BCUT2D eigenvalue weighted by Crippen LogP contribution is 2.25. The molecule has 1 aliphatic heterocycles. The summed E-state index contributed by atoms with van der Waals surface area (Å²) in [5, 5.41) is 13.3. The summed E-state index contributed by atoms with van der Waals surface area (Å²) in [6, 6.07) is 6.44. The third-order valence-corrected chi connectivity index (χ3v) is 4.47. The van der Waals surface area contributed by atoms with Crippen LogP contribution in [0.3, 0.4) is 0 Å². The van der Waals surface area contributed by atoms with E-state index in [1.54, 1.807) is 12.3 Å². The van der Waals surface area contributed by atoms with Crippen molar-refractivity contribution in [1.29, 1.82) is 0 Å². The zero-order valence-electron chi connectivity index (χ0n) is 11.7. The molecule has 22 heavy (non-hydrogen) atoms. The van der Waals surface area contributed by atoms with E-state index in [-0.39, 0.29) is 10.9 Å². The molecule has 0 bridgehead atoms. The second-order valence-electron chi connectivity index (χ2n) is 4.95. The van der Waals surface area contributed by atoms with Crippen molar-refractivity contribution in [3.8, 4) is 0 Å². The highest BCUT2D eigenvalue weighted by molar-refractivity contribution is 7.17. The van der Waals surface area contributed by atoms with Crippen molar-refractivity contribution >= 4 is 33.8 Å². The molecule has 8 heteroatoms. The van der Waals surface area contributed by atoms with E-state index in [1.807, 2.05) is 6.07 Å². The van der Waals surface area contributed by atoms with Gasteiger partial charge in [0.1, 0.15) is 5.82 Å². The van der Waals surface area contributed by atoms with E-state index in [9.17, 15) is 14.9 Å². The van der Waals surface area contributed by atoms with Crippen molar-refractivity contribution in [1.82, 2.24) is 4.98 Å². The fraction of sp³-hybridized carbons (Fsp3) is 0.286. The lowest BCUT2D eigenvalue weighted by molar-refractivity contribution is -0.380. The van der Waals surface area contributed by atoms with Gasteiger partial charge in [-0.2, -0.15) is 0 Å². The number of hydrogen-bond acceptors (Lipinski definition) is 6. The number of anilines is 2. The Morgan fingerprint density at radius 2 is 2.05 bits per heavy atom. The molecule has 0 radical (unpaired) electrons. The van der Waals surface area contributed by atoms with Crippen molar-refractivity contribution < 1.29 is 9.72 Å². The normalized spacial score (nSPS) is 14.1. The Morgan fingerprint density at radius 3 is 2.64 bits per heavy atom. The molecule has 0 saturated carbocycles. The van der Waals surface area contributed by atoms with Gasteiger partial charge in [0.2, 0.25) is 0 Å². The van der Waals surface area contributed by atoms with E-state index in [4.69, 9.17) is 0 Å². The Labute approximate surface area is 130 Å². The first-order valence-electron chi connectivity index (χ1n) is 6.90. The van der Waals surface area contributed by atoms with Crippen LogP contribution in [0.15, 0.2) is 30.5 Å². The molecular weight excluding hydrogens is 304 g/mol. The second-order valence-corrected chi connectivity index (χ2v) is 6.01. The van der Waals surface area contributed by atoms with E-state index >= 15 is 0 Å². The molecule has 0 aliphatic carbocycles. The number of carbonyl (C=O) groups is 1. The predicted octanol–water partition coefficient (Wildman–Crippen LogP) is 2.90. The van der Waals surface area contributed by atoms with Crippen LogP contribution in [0.1, 0.15) is 22.5 Å². The van der Waals surface area contributed by atoms with Gasteiger partial charge in [0.05, 0.1) is 21.7 Å². The summed E-state index contributed by atoms with van der Waals surface area (Å²) in [6.07, 6.45) is 3.96. The monoisotopic (exact) mass is 318 g/mol. The number of rotatable bonds is 4. The fourth-order valence-electron chi connectivity index (χ4n) is 2.33. The van der Waals surface area contributed by atoms with Gasteiger partial charge in [-0.3, -0.25) is 14.9 Å². The molecule has 0 spiro atoms. The van der Waals surface area contributed by atoms with Crippen molar-refractivity contribution in [3.63, 3.8) is 0 Å². The number of pyridine rings is 1. The summed E-state index contributed by atoms with van der Waals surface area (Å²) < 4.78 is 0. The van der Waals surface area contributed by atoms with Crippen LogP contribution in [0.2, 0.25) is 0 Å². The average molecular weight is 318 g/mol. The minimum absolute atomic E-state index is 0.0485. The van der Waals surface area contributed by atoms with Gasteiger partial charge in [-0.25, -0.2) is 4.98 Å². The Bertz CT molecular complexity index is 692. The molecular formula is C14H14N4O3S. The molecule has 0 unspecified atom stereocenters. The zero-order valence-corrected chi connectivity index (χ0v) is 12.5. The molecule has 114 valence electrons. The van der Waals surface area contributed by atoms with Gasteiger partial charge < -0.3 is 10.2 Å². The smallest absolute Gasteiger partial charge is 0.324 e. The Balaban J connectivity index is 1.66. The summed E-state index contributed by atoms with van der Waals surface area (Å²) in [5.41, 5.74) is 0.573. The Kier molecular flexibility index (Phi) is 4.01. The quantitative estimate of drug-likeness (QED) is 0.691. The highest BCUT2D eigenvalue weighted by atomic mass is 32.1. The van der Waals surface area contributed by atoms with E-state index in [0.717, 1.165) is 30.2 Å². The van der Waals surface area contributed by atoms with Gasteiger partial charge in [0.15, 0.2) is 0 Å². The standard InChI is InChI=1S/C14H14N4O3S/c19-14(11-4-6-13(22-11)18(20)21)16-10-3-5-12(15-9-10)17-7-1-2-8-17/h3-6,9H,1-2,7-8H2,(H,16,19). The summed E-state index contributed by atoms with van der Waals surface area (Å²) in [6.45, 7) is 2.02. The summed E-state index contributed by atoms with van der Waals surface area (Å²) in [4.78, 5) is 29.0. The van der Waals surface area contributed by atoms with E-state index in [0.29, 0.717) is 10.6 Å². The molecule has 1 amide bonds. The predicted molar refractivity (Wildman–Crippen MR) is 84.6 cm³/mol. The summed E-state index contributed by atoms with van der Waals surface area (Å²) >= 11 is 0.852. The van der Waals surface area contributed by atoms with E-state index < -0.39 is 4.92 Å². The SMILES string of the molecule is O=C(Nc1ccc(N2CCCC2)nc1)c1ccc([N+](=O)[O-])s1. The second kappa shape index (κ2) is 6.10. The zero-order chi connectivity index (χ0) is 15.5. The average Bonchev–Trinajstić information content (AvgIpc) is 3.20. The molecule has 1 aliphatic rings. The van der Waals surface area contributed by atoms with Crippen molar-refractivity contribution in [2.24, 2.45) is 0 Å². The van der Waals surface area contributed by atoms with Crippen molar-refractivity contribution in [2.45, 2.75) is 12.8 Å². The fourth-order valence-corrected chi connectivity index (χ4v) is 3.05.